The highest BCUT2D eigenvalue weighted by atomic mass is 19.1. The molecule has 1 saturated heterocycles. The number of nitrogens with one attached hydrogen (secondary N) is 2. The summed E-state index contributed by atoms with van der Waals surface area (Å²) in [5.41, 5.74) is 1.96. The number of pyridine rings is 1. The highest BCUT2D eigenvalue weighted by Crippen LogP contribution is 2.13. The minimum absolute atomic E-state index is 0.233. The van der Waals surface area contributed by atoms with Crippen LogP contribution >= 0.6 is 0 Å². The van der Waals surface area contributed by atoms with E-state index in [1.54, 1.807) is 13.1 Å². The van der Waals surface area contributed by atoms with Gasteiger partial charge in [0, 0.05) is 52.5 Å². The summed E-state index contributed by atoms with van der Waals surface area (Å²) >= 11 is 0. The number of aliphatic imine (C=N–C) groups is 1. The predicted octanol–water partition coefficient (Wildman–Crippen LogP) is 1.84. The molecule has 3 rings (SSSR count). The zero-order valence-electron chi connectivity index (χ0n) is 16.0. The van der Waals surface area contributed by atoms with Crippen molar-refractivity contribution in [1.82, 2.24) is 20.5 Å². The number of aromatic nitrogens is 1. The summed E-state index contributed by atoms with van der Waals surface area (Å²) in [6, 6.07) is 10.7. The Morgan fingerprint density at radius 2 is 1.81 bits per heavy atom. The van der Waals surface area contributed by atoms with Crippen LogP contribution in [-0.4, -0.2) is 56.1 Å². The van der Waals surface area contributed by atoms with Gasteiger partial charge in [-0.3, -0.25) is 4.99 Å². The standard InChI is InChI=1S/C20H27FN6/c1-22-20(24-13-16-4-3-5-18(21)12-16)25-15-17-6-7-19(23-14-17)27-10-8-26(2)9-11-27/h3-7,12,14H,8-11,13,15H2,1-2H3,(H2,22,24,25). The Morgan fingerprint density at radius 3 is 2.44 bits per heavy atom. The number of rotatable bonds is 5. The number of anilines is 1. The Morgan fingerprint density at radius 1 is 1.07 bits per heavy atom. The third-order valence-corrected chi connectivity index (χ3v) is 4.67. The summed E-state index contributed by atoms with van der Waals surface area (Å²) in [6.07, 6.45) is 1.90. The number of guanidine groups is 1. The van der Waals surface area contributed by atoms with Crippen LogP contribution in [0.4, 0.5) is 10.2 Å². The minimum Gasteiger partial charge on any atom is -0.354 e. The molecule has 2 heterocycles. The average Bonchev–Trinajstić information content (AvgIpc) is 2.69. The second-order valence-corrected chi connectivity index (χ2v) is 6.72. The van der Waals surface area contributed by atoms with Gasteiger partial charge in [0.2, 0.25) is 0 Å². The van der Waals surface area contributed by atoms with Gasteiger partial charge < -0.3 is 20.4 Å². The van der Waals surface area contributed by atoms with Gasteiger partial charge in [-0.2, -0.15) is 0 Å². The molecule has 0 amide bonds. The van der Waals surface area contributed by atoms with Gasteiger partial charge in [-0.15, -0.1) is 0 Å². The summed E-state index contributed by atoms with van der Waals surface area (Å²) in [5.74, 6) is 1.46. The van der Waals surface area contributed by atoms with Gasteiger partial charge in [0.05, 0.1) is 0 Å². The van der Waals surface area contributed by atoms with Crippen LogP contribution in [0, 0.1) is 5.82 Å². The molecule has 1 aromatic heterocycles. The summed E-state index contributed by atoms with van der Waals surface area (Å²) in [5, 5.41) is 6.45. The number of hydrogen-bond acceptors (Lipinski definition) is 4. The molecule has 1 aromatic carbocycles. The zero-order chi connectivity index (χ0) is 19.1. The first-order valence-electron chi connectivity index (χ1n) is 9.21. The molecule has 6 nitrogen and oxygen atoms in total. The molecule has 0 radical (unpaired) electrons. The van der Waals surface area contributed by atoms with E-state index in [0.29, 0.717) is 19.0 Å². The van der Waals surface area contributed by atoms with Gasteiger partial charge in [-0.1, -0.05) is 18.2 Å². The van der Waals surface area contributed by atoms with E-state index >= 15 is 0 Å². The third kappa shape index (κ3) is 5.65. The number of halogens is 1. The molecule has 0 bridgehead atoms. The molecule has 2 N–H and O–H groups in total. The Kier molecular flexibility index (Phi) is 6.59. The molecule has 27 heavy (non-hydrogen) atoms. The normalized spacial score (nSPS) is 15.7. The largest absolute Gasteiger partial charge is 0.354 e. The van der Waals surface area contributed by atoms with E-state index in [9.17, 15) is 4.39 Å². The summed E-state index contributed by atoms with van der Waals surface area (Å²) in [4.78, 5) is 13.5. The highest BCUT2D eigenvalue weighted by Gasteiger charge is 2.14. The van der Waals surface area contributed by atoms with Crippen LogP contribution in [0.5, 0.6) is 0 Å². The molecule has 0 saturated carbocycles. The first-order valence-corrected chi connectivity index (χ1v) is 9.21. The first-order chi connectivity index (χ1) is 13.1. The SMILES string of the molecule is CN=C(NCc1ccc(N2CCN(C)CC2)nc1)NCc1cccc(F)c1. The summed E-state index contributed by atoms with van der Waals surface area (Å²) in [7, 11) is 3.87. The van der Waals surface area contributed by atoms with Crippen molar-refractivity contribution in [2.45, 2.75) is 13.1 Å². The molecule has 1 aliphatic rings. The van der Waals surface area contributed by atoms with E-state index in [2.05, 4.69) is 49.6 Å². The topological polar surface area (TPSA) is 55.8 Å². The van der Waals surface area contributed by atoms with Crippen LogP contribution in [0.1, 0.15) is 11.1 Å². The molecule has 7 heteroatoms. The molecule has 0 aliphatic carbocycles. The zero-order valence-corrected chi connectivity index (χ0v) is 16.0. The summed E-state index contributed by atoms with van der Waals surface area (Å²) < 4.78 is 13.2. The van der Waals surface area contributed by atoms with Crippen LogP contribution in [0.15, 0.2) is 47.6 Å². The van der Waals surface area contributed by atoms with Gasteiger partial charge in [0.15, 0.2) is 5.96 Å². The fourth-order valence-corrected chi connectivity index (χ4v) is 2.98. The van der Waals surface area contributed by atoms with Crippen molar-refractivity contribution in [2.75, 3.05) is 45.2 Å². The van der Waals surface area contributed by atoms with E-state index in [1.807, 2.05) is 12.3 Å². The minimum atomic E-state index is -0.233. The molecule has 0 atom stereocenters. The van der Waals surface area contributed by atoms with E-state index < -0.39 is 0 Å². The van der Waals surface area contributed by atoms with Crippen LogP contribution in [0.3, 0.4) is 0 Å². The maximum absolute atomic E-state index is 13.2. The number of benzene rings is 1. The van der Waals surface area contributed by atoms with Crippen molar-refractivity contribution in [3.8, 4) is 0 Å². The van der Waals surface area contributed by atoms with Gasteiger partial charge >= 0.3 is 0 Å². The van der Waals surface area contributed by atoms with Crippen molar-refractivity contribution in [3.63, 3.8) is 0 Å². The molecule has 0 unspecified atom stereocenters. The quantitative estimate of drug-likeness (QED) is 0.621. The van der Waals surface area contributed by atoms with Gasteiger partial charge in [-0.25, -0.2) is 9.37 Å². The van der Waals surface area contributed by atoms with Crippen molar-refractivity contribution in [2.24, 2.45) is 4.99 Å². The lowest BCUT2D eigenvalue weighted by Crippen LogP contribution is -2.44. The predicted molar refractivity (Wildman–Crippen MR) is 107 cm³/mol. The lowest BCUT2D eigenvalue weighted by Gasteiger charge is -2.33. The first kappa shape index (κ1) is 19.1. The maximum Gasteiger partial charge on any atom is 0.191 e. The lowest BCUT2D eigenvalue weighted by atomic mass is 10.2. The van der Waals surface area contributed by atoms with Crippen LogP contribution < -0.4 is 15.5 Å². The monoisotopic (exact) mass is 370 g/mol. The van der Waals surface area contributed by atoms with E-state index in [-0.39, 0.29) is 5.82 Å². The van der Waals surface area contributed by atoms with Gasteiger partial charge in [0.1, 0.15) is 11.6 Å². The van der Waals surface area contributed by atoms with Gasteiger partial charge in [0.25, 0.3) is 0 Å². The van der Waals surface area contributed by atoms with Crippen molar-refractivity contribution in [3.05, 3.63) is 59.5 Å². The van der Waals surface area contributed by atoms with Crippen LogP contribution in [0.2, 0.25) is 0 Å². The van der Waals surface area contributed by atoms with E-state index in [0.717, 1.165) is 43.1 Å². The second kappa shape index (κ2) is 9.32. The molecule has 144 valence electrons. The second-order valence-electron chi connectivity index (χ2n) is 6.72. The number of likely N-dealkylation sites (N-methyl/N-ethyl adjacent to an activating group) is 1. The molecular weight excluding hydrogens is 343 g/mol. The van der Waals surface area contributed by atoms with Crippen LogP contribution in [-0.2, 0) is 13.1 Å². The molecule has 1 aliphatic heterocycles. The van der Waals surface area contributed by atoms with E-state index in [4.69, 9.17) is 0 Å². The Hall–Kier alpha value is -2.67. The van der Waals surface area contributed by atoms with Crippen LogP contribution in [0.25, 0.3) is 0 Å². The van der Waals surface area contributed by atoms with Gasteiger partial charge in [-0.05, 0) is 36.4 Å². The number of hydrogen-bond donors (Lipinski definition) is 2. The fourth-order valence-electron chi connectivity index (χ4n) is 2.98. The smallest absolute Gasteiger partial charge is 0.191 e. The third-order valence-electron chi connectivity index (χ3n) is 4.67. The average molecular weight is 370 g/mol. The van der Waals surface area contributed by atoms with Crippen molar-refractivity contribution >= 4 is 11.8 Å². The molecule has 2 aromatic rings. The van der Waals surface area contributed by atoms with E-state index in [1.165, 1.54) is 12.1 Å². The molecular formula is C20H27FN6. The fraction of sp³-hybridized carbons (Fsp3) is 0.400. The lowest BCUT2D eigenvalue weighted by molar-refractivity contribution is 0.312. The highest BCUT2D eigenvalue weighted by molar-refractivity contribution is 5.79. The molecule has 0 spiro atoms. The van der Waals surface area contributed by atoms with Crippen molar-refractivity contribution < 1.29 is 4.39 Å². The Labute approximate surface area is 160 Å². The molecule has 1 fully saturated rings. The summed E-state index contributed by atoms with van der Waals surface area (Å²) in [6.45, 7) is 5.29. The Bertz CT molecular complexity index is 753. The van der Waals surface area contributed by atoms with Crippen molar-refractivity contribution in [1.29, 1.82) is 0 Å². The number of nitrogens with zero attached hydrogens (tertiary/aromatic N) is 4. The number of piperazine rings is 1. The Balaban J connectivity index is 1.48. The maximum atomic E-state index is 13.2.